The van der Waals surface area contributed by atoms with Crippen LogP contribution in [-0.4, -0.2) is 29.1 Å². The fourth-order valence-electron chi connectivity index (χ4n) is 3.00. The monoisotopic (exact) mass is 392 g/mol. The molecule has 0 bridgehead atoms. The molecule has 0 saturated heterocycles. The smallest absolute Gasteiger partial charge is 0.257 e. The first-order valence-corrected chi connectivity index (χ1v) is 10.5. The van der Waals surface area contributed by atoms with Crippen molar-refractivity contribution in [3.63, 3.8) is 0 Å². The Labute approximate surface area is 167 Å². The molecule has 0 unspecified atom stereocenters. The molecule has 1 aromatic heterocycles. The van der Waals surface area contributed by atoms with Crippen LogP contribution in [0.1, 0.15) is 63.6 Å². The van der Waals surface area contributed by atoms with E-state index in [2.05, 4.69) is 21.7 Å². The summed E-state index contributed by atoms with van der Waals surface area (Å²) >= 11 is 1.37. The molecule has 142 valence electrons. The lowest BCUT2D eigenvalue weighted by Gasteiger charge is -2.12. The third kappa shape index (κ3) is 4.02. The zero-order valence-electron chi connectivity index (χ0n) is 15.5. The summed E-state index contributed by atoms with van der Waals surface area (Å²) < 4.78 is 0. The molecule has 2 aliphatic rings. The van der Waals surface area contributed by atoms with Gasteiger partial charge in [0.2, 0.25) is 0 Å². The number of amides is 2. The zero-order chi connectivity index (χ0) is 19.7. The van der Waals surface area contributed by atoms with Gasteiger partial charge in [0.05, 0.1) is 11.1 Å². The topological polar surface area (TPSA) is 94.9 Å². The summed E-state index contributed by atoms with van der Waals surface area (Å²) in [7, 11) is 0. The molecule has 4 rings (SSSR count). The number of nitrogens with zero attached hydrogens (tertiary/aromatic N) is 2. The van der Waals surface area contributed by atoms with Crippen LogP contribution in [0.15, 0.2) is 35.4 Å². The Hall–Kier alpha value is -2.85. The first kappa shape index (κ1) is 18.5. The average Bonchev–Trinajstić information content (AvgIpc) is 3.61. The Kier molecular flexibility index (Phi) is 5.05. The van der Waals surface area contributed by atoms with Crippen molar-refractivity contribution in [1.82, 2.24) is 10.3 Å². The van der Waals surface area contributed by atoms with Gasteiger partial charge in [-0.05, 0) is 56.2 Å². The molecule has 2 saturated carbocycles. The Morgan fingerprint density at radius 2 is 1.96 bits per heavy atom. The molecule has 2 aliphatic carbocycles. The Morgan fingerprint density at radius 1 is 1.18 bits per heavy atom. The maximum atomic E-state index is 12.9. The lowest BCUT2D eigenvalue weighted by atomic mass is 10.1. The first-order chi connectivity index (χ1) is 13.6. The molecule has 28 heavy (non-hydrogen) atoms. The first-order valence-electron chi connectivity index (χ1n) is 9.30. The number of pyridine rings is 1. The van der Waals surface area contributed by atoms with Gasteiger partial charge in [-0.25, -0.2) is 4.98 Å². The number of carbonyl (C=O) groups is 2. The van der Waals surface area contributed by atoms with Gasteiger partial charge in [-0.1, -0.05) is 6.07 Å². The number of benzene rings is 1. The zero-order valence-corrected chi connectivity index (χ0v) is 16.3. The van der Waals surface area contributed by atoms with E-state index in [1.807, 2.05) is 6.26 Å². The Balaban J connectivity index is 1.59. The molecule has 2 aromatic rings. The SMILES string of the molecule is CSc1nc(C2CC2)cc(C(=O)Nc2cccc(C(=O)NC3CC3)c2)c1C#N. The van der Waals surface area contributed by atoms with E-state index in [1.54, 1.807) is 30.3 Å². The van der Waals surface area contributed by atoms with E-state index in [0.717, 1.165) is 31.4 Å². The van der Waals surface area contributed by atoms with Crippen molar-refractivity contribution in [3.05, 3.63) is 52.7 Å². The molecule has 0 spiro atoms. The lowest BCUT2D eigenvalue weighted by molar-refractivity contribution is 0.0949. The van der Waals surface area contributed by atoms with Crippen molar-refractivity contribution in [3.8, 4) is 6.07 Å². The number of hydrogen-bond acceptors (Lipinski definition) is 5. The van der Waals surface area contributed by atoms with Crippen LogP contribution >= 0.6 is 11.8 Å². The summed E-state index contributed by atoms with van der Waals surface area (Å²) in [5.41, 5.74) is 2.51. The van der Waals surface area contributed by atoms with Crippen molar-refractivity contribution < 1.29 is 9.59 Å². The van der Waals surface area contributed by atoms with Crippen molar-refractivity contribution in [1.29, 1.82) is 5.26 Å². The fourth-order valence-corrected chi connectivity index (χ4v) is 3.55. The van der Waals surface area contributed by atoms with Crippen LogP contribution in [0.2, 0.25) is 0 Å². The van der Waals surface area contributed by atoms with E-state index < -0.39 is 0 Å². The molecule has 2 N–H and O–H groups in total. The molecular formula is C21H20N4O2S. The molecule has 1 heterocycles. The van der Waals surface area contributed by atoms with Crippen LogP contribution < -0.4 is 10.6 Å². The van der Waals surface area contributed by atoms with Gasteiger partial charge < -0.3 is 10.6 Å². The number of rotatable bonds is 6. The van der Waals surface area contributed by atoms with Crippen molar-refractivity contribution in [2.75, 3.05) is 11.6 Å². The van der Waals surface area contributed by atoms with E-state index in [4.69, 9.17) is 0 Å². The summed E-state index contributed by atoms with van der Waals surface area (Å²) in [4.78, 5) is 29.7. The molecule has 6 nitrogen and oxygen atoms in total. The molecule has 1 aromatic carbocycles. The van der Waals surface area contributed by atoms with Gasteiger partial charge in [0.15, 0.2) is 0 Å². The molecule has 0 atom stereocenters. The normalized spacial score (nSPS) is 15.6. The second-order valence-electron chi connectivity index (χ2n) is 7.15. The lowest BCUT2D eigenvalue weighted by Crippen LogP contribution is -2.25. The van der Waals surface area contributed by atoms with Gasteiger partial charge in [0.25, 0.3) is 11.8 Å². The van der Waals surface area contributed by atoms with Crippen molar-refractivity contribution >= 4 is 29.3 Å². The van der Waals surface area contributed by atoms with E-state index in [-0.39, 0.29) is 23.4 Å². The molecule has 2 fully saturated rings. The standard InChI is InChI=1S/C21H20N4O2S/c1-28-21-17(11-22)16(10-18(25-21)12-5-6-12)20(27)24-15-4-2-3-13(9-15)19(26)23-14-7-8-14/h2-4,9-10,12,14H,5-8H2,1H3,(H,23,26)(H,24,27). The minimum absolute atomic E-state index is 0.138. The van der Waals surface area contributed by atoms with Gasteiger partial charge >= 0.3 is 0 Å². The van der Waals surface area contributed by atoms with Gasteiger partial charge in [-0.2, -0.15) is 5.26 Å². The number of thioether (sulfide) groups is 1. The maximum absolute atomic E-state index is 12.9. The third-order valence-corrected chi connectivity index (χ3v) is 5.53. The number of anilines is 1. The average molecular weight is 392 g/mol. The van der Waals surface area contributed by atoms with Crippen LogP contribution in [0, 0.1) is 11.3 Å². The van der Waals surface area contributed by atoms with Crippen LogP contribution in [0.4, 0.5) is 5.69 Å². The highest BCUT2D eigenvalue weighted by Crippen LogP contribution is 2.40. The summed E-state index contributed by atoms with van der Waals surface area (Å²) in [5, 5.41) is 15.9. The summed E-state index contributed by atoms with van der Waals surface area (Å²) in [6.07, 6.45) is 6.01. The van der Waals surface area contributed by atoms with E-state index in [1.165, 1.54) is 11.8 Å². The molecule has 0 aliphatic heterocycles. The highest BCUT2D eigenvalue weighted by Gasteiger charge is 2.28. The Bertz CT molecular complexity index is 990. The van der Waals surface area contributed by atoms with Gasteiger partial charge in [0.1, 0.15) is 11.1 Å². The number of aromatic nitrogens is 1. The predicted molar refractivity (Wildman–Crippen MR) is 108 cm³/mol. The number of carbonyl (C=O) groups excluding carboxylic acids is 2. The molecule has 0 radical (unpaired) electrons. The molecule has 7 heteroatoms. The number of nitrogens with one attached hydrogen (secondary N) is 2. The van der Waals surface area contributed by atoms with E-state index >= 15 is 0 Å². The fraction of sp³-hybridized carbons (Fsp3) is 0.333. The second kappa shape index (κ2) is 7.64. The summed E-state index contributed by atoms with van der Waals surface area (Å²) in [5.74, 6) is -0.128. The number of hydrogen-bond donors (Lipinski definition) is 2. The predicted octanol–water partition coefficient (Wildman–Crippen LogP) is 3.70. The minimum Gasteiger partial charge on any atom is -0.349 e. The largest absolute Gasteiger partial charge is 0.349 e. The van der Waals surface area contributed by atoms with Crippen molar-refractivity contribution in [2.45, 2.75) is 42.7 Å². The maximum Gasteiger partial charge on any atom is 0.257 e. The highest BCUT2D eigenvalue weighted by molar-refractivity contribution is 7.98. The summed E-state index contributed by atoms with van der Waals surface area (Å²) in [6.45, 7) is 0. The van der Waals surface area contributed by atoms with Crippen LogP contribution in [0.3, 0.4) is 0 Å². The second-order valence-corrected chi connectivity index (χ2v) is 7.94. The van der Waals surface area contributed by atoms with Gasteiger partial charge in [-0.3, -0.25) is 9.59 Å². The summed E-state index contributed by atoms with van der Waals surface area (Å²) in [6, 6.07) is 11.0. The van der Waals surface area contributed by atoms with Crippen LogP contribution in [0.25, 0.3) is 0 Å². The molecule has 2 amide bonds. The quantitative estimate of drug-likeness (QED) is 0.731. The highest BCUT2D eigenvalue weighted by atomic mass is 32.2. The third-order valence-electron chi connectivity index (χ3n) is 4.85. The van der Waals surface area contributed by atoms with Gasteiger partial charge in [0, 0.05) is 28.9 Å². The van der Waals surface area contributed by atoms with E-state index in [0.29, 0.717) is 27.8 Å². The number of nitriles is 1. The van der Waals surface area contributed by atoms with Gasteiger partial charge in [-0.15, -0.1) is 11.8 Å². The Morgan fingerprint density at radius 3 is 2.61 bits per heavy atom. The van der Waals surface area contributed by atoms with Crippen LogP contribution in [-0.2, 0) is 0 Å². The van der Waals surface area contributed by atoms with Crippen molar-refractivity contribution in [2.24, 2.45) is 0 Å². The van der Waals surface area contributed by atoms with E-state index in [9.17, 15) is 14.9 Å². The molecular weight excluding hydrogens is 372 g/mol. The minimum atomic E-state index is -0.365. The van der Waals surface area contributed by atoms with Crippen LogP contribution in [0.5, 0.6) is 0 Å².